The molecule has 2 aromatic rings. The monoisotopic (exact) mass is 313 g/mol. The van der Waals surface area contributed by atoms with Gasteiger partial charge >= 0.3 is 0 Å². The van der Waals surface area contributed by atoms with E-state index in [4.69, 9.17) is 11.6 Å². The molecule has 0 aromatic heterocycles. The first-order chi connectivity index (χ1) is 10.5. The van der Waals surface area contributed by atoms with E-state index in [-0.39, 0.29) is 0 Å². The van der Waals surface area contributed by atoms with Crippen LogP contribution in [-0.2, 0) is 6.42 Å². The summed E-state index contributed by atoms with van der Waals surface area (Å²) in [6.45, 7) is 11.0. The Labute approximate surface area is 138 Å². The van der Waals surface area contributed by atoms with Crippen LogP contribution in [0.3, 0.4) is 0 Å². The molecule has 3 rings (SSSR count). The van der Waals surface area contributed by atoms with Crippen LogP contribution in [0.25, 0.3) is 0 Å². The van der Waals surface area contributed by atoms with Crippen molar-refractivity contribution < 1.29 is 0 Å². The molecule has 0 spiro atoms. The molecule has 0 bridgehead atoms. The highest BCUT2D eigenvalue weighted by atomic mass is 35.5. The Morgan fingerprint density at radius 1 is 1.05 bits per heavy atom. The van der Waals surface area contributed by atoms with Gasteiger partial charge in [-0.1, -0.05) is 42.8 Å². The van der Waals surface area contributed by atoms with Crippen LogP contribution < -0.4 is 4.90 Å². The van der Waals surface area contributed by atoms with Gasteiger partial charge in [0, 0.05) is 19.0 Å². The van der Waals surface area contributed by atoms with Gasteiger partial charge in [-0.3, -0.25) is 0 Å². The Balaban J connectivity index is 1.79. The standard InChI is InChI=1S/C20H24ClN/c1-5-18-14(3)9-16(10-15(18)4)17-11-22(12-17)20-13(2)7-6-8-19(20)21/h6-10,17H,5,11-12H2,1-4H3. The summed E-state index contributed by atoms with van der Waals surface area (Å²) in [4.78, 5) is 2.40. The van der Waals surface area contributed by atoms with Crippen LogP contribution in [0.1, 0.15) is 40.7 Å². The lowest BCUT2D eigenvalue weighted by Crippen LogP contribution is -2.45. The molecule has 1 aliphatic heterocycles. The summed E-state index contributed by atoms with van der Waals surface area (Å²) < 4.78 is 0. The predicted molar refractivity (Wildman–Crippen MR) is 96.4 cm³/mol. The molecule has 1 saturated heterocycles. The van der Waals surface area contributed by atoms with Crippen molar-refractivity contribution in [3.05, 3.63) is 63.2 Å². The fourth-order valence-electron chi connectivity index (χ4n) is 3.72. The van der Waals surface area contributed by atoms with Crippen molar-refractivity contribution >= 4 is 17.3 Å². The van der Waals surface area contributed by atoms with E-state index in [2.05, 4.69) is 50.8 Å². The Kier molecular flexibility index (Phi) is 4.18. The molecular weight excluding hydrogens is 290 g/mol. The maximum atomic E-state index is 6.38. The van der Waals surface area contributed by atoms with Crippen LogP contribution in [0.5, 0.6) is 0 Å². The first-order valence-electron chi connectivity index (χ1n) is 8.11. The van der Waals surface area contributed by atoms with Crippen LogP contribution in [0.15, 0.2) is 30.3 Å². The number of aryl methyl sites for hydroxylation is 3. The minimum atomic E-state index is 0.624. The summed E-state index contributed by atoms with van der Waals surface area (Å²) in [6, 6.07) is 10.9. The van der Waals surface area contributed by atoms with Crippen molar-refractivity contribution in [3.8, 4) is 0 Å². The third kappa shape index (κ3) is 2.63. The molecular formula is C20H24ClN. The van der Waals surface area contributed by atoms with Crippen molar-refractivity contribution in [1.29, 1.82) is 0 Å². The highest BCUT2D eigenvalue weighted by molar-refractivity contribution is 6.33. The predicted octanol–water partition coefficient (Wildman–Crippen LogP) is 5.43. The lowest BCUT2D eigenvalue weighted by molar-refractivity contribution is 0.523. The largest absolute Gasteiger partial charge is 0.369 e. The Morgan fingerprint density at radius 2 is 1.68 bits per heavy atom. The Morgan fingerprint density at radius 3 is 2.23 bits per heavy atom. The van der Waals surface area contributed by atoms with Gasteiger partial charge in [0.25, 0.3) is 0 Å². The van der Waals surface area contributed by atoms with Crippen LogP contribution in [-0.4, -0.2) is 13.1 Å². The first-order valence-corrected chi connectivity index (χ1v) is 8.49. The second-order valence-electron chi connectivity index (χ2n) is 6.49. The van der Waals surface area contributed by atoms with E-state index in [0.717, 1.165) is 24.5 Å². The van der Waals surface area contributed by atoms with Gasteiger partial charge in [-0.25, -0.2) is 0 Å². The lowest BCUT2D eigenvalue weighted by atomic mass is 9.86. The van der Waals surface area contributed by atoms with Crippen LogP contribution in [0.4, 0.5) is 5.69 Å². The molecule has 0 atom stereocenters. The molecule has 1 fully saturated rings. The molecule has 0 unspecified atom stereocenters. The first kappa shape index (κ1) is 15.4. The van der Waals surface area contributed by atoms with E-state index in [1.165, 1.54) is 33.5 Å². The number of hydrogen-bond acceptors (Lipinski definition) is 1. The minimum Gasteiger partial charge on any atom is -0.369 e. The average Bonchev–Trinajstić information content (AvgIpc) is 2.40. The minimum absolute atomic E-state index is 0.624. The summed E-state index contributed by atoms with van der Waals surface area (Å²) in [5, 5.41) is 0.868. The Hall–Kier alpha value is -1.47. The number of benzene rings is 2. The van der Waals surface area contributed by atoms with Crippen molar-refractivity contribution in [2.24, 2.45) is 0 Å². The van der Waals surface area contributed by atoms with Crippen LogP contribution in [0, 0.1) is 20.8 Å². The zero-order valence-corrected chi connectivity index (χ0v) is 14.7. The van der Waals surface area contributed by atoms with Crippen LogP contribution >= 0.6 is 11.6 Å². The second-order valence-corrected chi connectivity index (χ2v) is 6.90. The third-order valence-electron chi connectivity index (χ3n) is 4.93. The van der Waals surface area contributed by atoms with Crippen molar-refractivity contribution in [2.75, 3.05) is 18.0 Å². The number of nitrogens with zero attached hydrogens (tertiary/aromatic N) is 1. The molecule has 0 amide bonds. The lowest BCUT2D eigenvalue weighted by Gasteiger charge is -2.43. The molecule has 1 aliphatic rings. The van der Waals surface area contributed by atoms with Gasteiger partial charge in [-0.15, -0.1) is 0 Å². The SMILES string of the molecule is CCc1c(C)cc(C2CN(c3c(C)cccc3Cl)C2)cc1C. The number of rotatable bonds is 3. The molecule has 2 aromatic carbocycles. The third-order valence-corrected chi connectivity index (χ3v) is 5.23. The second kappa shape index (κ2) is 5.96. The van der Waals surface area contributed by atoms with E-state index in [1.807, 2.05) is 12.1 Å². The van der Waals surface area contributed by atoms with Crippen molar-refractivity contribution in [3.63, 3.8) is 0 Å². The molecule has 0 radical (unpaired) electrons. The van der Waals surface area contributed by atoms with Gasteiger partial charge in [-0.2, -0.15) is 0 Å². The summed E-state index contributed by atoms with van der Waals surface area (Å²) in [5.74, 6) is 0.624. The smallest absolute Gasteiger partial charge is 0.0642 e. The number of halogens is 1. The van der Waals surface area contributed by atoms with Crippen LogP contribution in [0.2, 0.25) is 5.02 Å². The number of hydrogen-bond donors (Lipinski definition) is 0. The molecule has 116 valence electrons. The van der Waals surface area contributed by atoms with Gasteiger partial charge in [0.1, 0.15) is 0 Å². The topological polar surface area (TPSA) is 3.24 Å². The molecule has 1 heterocycles. The molecule has 0 N–H and O–H groups in total. The van der Waals surface area contributed by atoms with E-state index in [9.17, 15) is 0 Å². The average molecular weight is 314 g/mol. The highest BCUT2D eigenvalue weighted by Crippen LogP contribution is 2.38. The quantitative estimate of drug-likeness (QED) is 0.730. The van der Waals surface area contributed by atoms with E-state index < -0.39 is 0 Å². The van der Waals surface area contributed by atoms with E-state index in [0.29, 0.717) is 5.92 Å². The number of para-hydroxylation sites is 1. The molecule has 0 aliphatic carbocycles. The van der Waals surface area contributed by atoms with E-state index in [1.54, 1.807) is 0 Å². The van der Waals surface area contributed by atoms with E-state index >= 15 is 0 Å². The van der Waals surface area contributed by atoms with Gasteiger partial charge in [0.05, 0.1) is 10.7 Å². The zero-order valence-electron chi connectivity index (χ0n) is 13.9. The Bertz CT molecular complexity index is 656. The fraction of sp³-hybridized carbons (Fsp3) is 0.400. The molecule has 0 saturated carbocycles. The molecule has 2 heteroatoms. The summed E-state index contributed by atoms with van der Waals surface area (Å²) in [6.07, 6.45) is 1.12. The van der Waals surface area contributed by atoms with Gasteiger partial charge in [0.15, 0.2) is 0 Å². The molecule has 22 heavy (non-hydrogen) atoms. The molecule has 1 nitrogen and oxygen atoms in total. The maximum absolute atomic E-state index is 6.38. The number of anilines is 1. The summed E-state index contributed by atoms with van der Waals surface area (Å²) in [7, 11) is 0. The highest BCUT2D eigenvalue weighted by Gasteiger charge is 2.30. The zero-order chi connectivity index (χ0) is 15.9. The van der Waals surface area contributed by atoms with Crippen molar-refractivity contribution in [1.82, 2.24) is 0 Å². The maximum Gasteiger partial charge on any atom is 0.0642 e. The van der Waals surface area contributed by atoms with Crippen molar-refractivity contribution in [2.45, 2.75) is 40.0 Å². The summed E-state index contributed by atoms with van der Waals surface area (Å²) in [5.41, 5.74) is 8.32. The van der Waals surface area contributed by atoms with Gasteiger partial charge < -0.3 is 4.90 Å². The van der Waals surface area contributed by atoms with Gasteiger partial charge in [-0.05, 0) is 61.1 Å². The summed E-state index contributed by atoms with van der Waals surface area (Å²) >= 11 is 6.38. The normalized spacial score (nSPS) is 15.0. The fourth-order valence-corrected chi connectivity index (χ4v) is 4.06. The van der Waals surface area contributed by atoms with Gasteiger partial charge in [0.2, 0.25) is 0 Å².